The largest absolute Gasteiger partial charge is 0.314 e. The molecule has 98 valence electrons. The van der Waals surface area contributed by atoms with Gasteiger partial charge in [-0.05, 0) is 66.8 Å². The molecule has 1 saturated heterocycles. The van der Waals surface area contributed by atoms with Crippen molar-refractivity contribution in [2.75, 3.05) is 18.1 Å². The second-order valence-electron chi connectivity index (χ2n) is 5.55. The van der Waals surface area contributed by atoms with E-state index in [4.69, 9.17) is 0 Å². The molecule has 1 heterocycles. The highest BCUT2D eigenvalue weighted by molar-refractivity contribution is 7.99. The molecule has 1 aliphatic heterocycles. The Hall–Kier alpha value is -0.540. The molecule has 1 atom stereocenters. The van der Waals surface area contributed by atoms with Crippen LogP contribution in [-0.2, 0) is 0 Å². The molecule has 1 unspecified atom stereocenters. The summed E-state index contributed by atoms with van der Waals surface area (Å²) in [7, 11) is 0. The van der Waals surface area contributed by atoms with Gasteiger partial charge in [0.1, 0.15) is 5.82 Å². The first-order valence-electron chi connectivity index (χ1n) is 6.88. The quantitative estimate of drug-likeness (QED) is 0.895. The van der Waals surface area contributed by atoms with Crippen molar-refractivity contribution < 1.29 is 4.39 Å². The van der Waals surface area contributed by atoms with Crippen molar-refractivity contribution >= 4 is 11.8 Å². The Balaban J connectivity index is 1.41. The summed E-state index contributed by atoms with van der Waals surface area (Å²) in [5.74, 6) is 4.07. The van der Waals surface area contributed by atoms with Gasteiger partial charge >= 0.3 is 0 Å². The third kappa shape index (κ3) is 2.89. The van der Waals surface area contributed by atoms with Crippen molar-refractivity contribution in [3.63, 3.8) is 0 Å². The maximum absolute atomic E-state index is 12.8. The lowest BCUT2D eigenvalue weighted by molar-refractivity contribution is 0.279. The van der Waals surface area contributed by atoms with Crippen LogP contribution >= 0.6 is 11.8 Å². The fourth-order valence-electron chi connectivity index (χ4n) is 2.87. The zero-order chi connectivity index (χ0) is 12.4. The van der Waals surface area contributed by atoms with Crippen molar-refractivity contribution in [2.45, 2.75) is 31.2 Å². The number of nitrogens with one attached hydrogen (secondary N) is 1. The van der Waals surface area contributed by atoms with Crippen LogP contribution in [0.15, 0.2) is 24.3 Å². The highest BCUT2D eigenvalue weighted by atomic mass is 32.2. The Morgan fingerprint density at radius 3 is 2.67 bits per heavy atom. The van der Waals surface area contributed by atoms with E-state index in [1.807, 2.05) is 12.1 Å². The van der Waals surface area contributed by atoms with Crippen LogP contribution in [0.25, 0.3) is 0 Å². The standard InChI is InChI=1S/C15H20FNS/c16-14-3-1-12(2-4-14)13-7-15(8-13)17-9-11-5-6-18-10-11/h1-4,11,13,15,17H,5-10H2. The second kappa shape index (κ2) is 5.62. The van der Waals surface area contributed by atoms with Gasteiger partial charge < -0.3 is 5.32 Å². The summed E-state index contributed by atoms with van der Waals surface area (Å²) < 4.78 is 12.8. The second-order valence-corrected chi connectivity index (χ2v) is 6.70. The van der Waals surface area contributed by atoms with Crippen molar-refractivity contribution in [1.82, 2.24) is 5.32 Å². The van der Waals surface area contributed by atoms with E-state index in [-0.39, 0.29) is 5.82 Å². The zero-order valence-corrected chi connectivity index (χ0v) is 11.4. The zero-order valence-electron chi connectivity index (χ0n) is 10.6. The van der Waals surface area contributed by atoms with Gasteiger partial charge in [0.2, 0.25) is 0 Å². The van der Waals surface area contributed by atoms with Crippen LogP contribution in [0.5, 0.6) is 0 Å². The smallest absolute Gasteiger partial charge is 0.123 e. The molecule has 1 nitrogen and oxygen atoms in total. The minimum absolute atomic E-state index is 0.133. The Morgan fingerprint density at radius 1 is 1.22 bits per heavy atom. The van der Waals surface area contributed by atoms with E-state index in [1.54, 1.807) is 12.1 Å². The molecule has 0 spiro atoms. The van der Waals surface area contributed by atoms with Crippen molar-refractivity contribution in [3.05, 3.63) is 35.6 Å². The Morgan fingerprint density at radius 2 is 2.00 bits per heavy atom. The van der Waals surface area contributed by atoms with Gasteiger partial charge in [0, 0.05) is 6.04 Å². The van der Waals surface area contributed by atoms with Gasteiger partial charge in [0.25, 0.3) is 0 Å². The first-order valence-corrected chi connectivity index (χ1v) is 8.03. The van der Waals surface area contributed by atoms with E-state index in [0.29, 0.717) is 12.0 Å². The predicted molar refractivity (Wildman–Crippen MR) is 75.6 cm³/mol. The lowest BCUT2D eigenvalue weighted by Gasteiger charge is -2.37. The van der Waals surface area contributed by atoms with Gasteiger partial charge in [-0.25, -0.2) is 4.39 Å². The molecule has 1 aromatic rings. The third-order valence-corrected chi connectivity index (χ3v) is 5.43. The molecule has 1 aromatic carbocycles. The average Bonchev–Trinajstić information content (AvgIpc) is 2.82. The topological polar surface area (TPSA) is 12.0 Å². The molecule has 0 bridgehead atoms. The summed E-state index contributed by atoms with van der Waals surface area (Å²) in [6.07, 6.45) is 3.81. The Bertz CT molecular complexity index is 380. The number of thioether (sulfide) groups is 1. The summed E-state index contributed by atoms with van der Waals surface area (Å²) in [4.78, 5) is 0. The summed E-state index contributed by atoms with van der Waals surface area (Å²) in [6.45, 7) is 1.19. The van der Waals surface area contributed by atoms with Gasteiger partial charge in [-0.3, -0.25) is 0 Å². The van der Waals surface area contributed by atoms with E-state index < -0.39 is 0 Å². The molecule has 1 N–H and O–H groups in total. The first-order chi connectivity index (χ1) is 8.81. The molecule has 3 heteroatoms. The molecule has 3 rings (SSSR count). The van der Waals surface area contributed by atoms with Crippen LogP contribution in [0.3, 0.4) is 0 Å². The summed E-state index contributed by atoms with van der Waals surface area (Å²) in [6, 6.07) is 7.70. The monoisotopic (exact) mass is 265 g/mol. The average molecular weight is 265 g/mol. The number of rotatable bonds is 4. The lowest BCUT2D eigenvalue weighted by Crippen LogP contribution is -2.42. The van der Waals surface area contributed by atoms with E-state index in [1.165, 1.54) is 42.9 Å². The maximum Gasteiger partial charge on any atom is 0.123 e. The van der Waals surface area contributed by atoms with Gasteiger partial charge in [-0.15, -0.1) is 0 Å². The van der Waals surface area contributed by atoms with Crippen LogP contribution in [0.2, 0.25) is 0 Å². The fraction of sp³-hybridized carbons (Fsp3) is 0.600. The minimum Gasteiger partial charge on any atom is -0.314 e. The number of hydrogen-bond donors (Lipinski definition) is 1. The lowest BCUT2D eigenvalue weighted by atomic mass is 9.76. The van der Waals surface area contributed by atoms with Gasteiger partial charge in [-0.2, -0.15) is 11.8 Å². The van der Waals surface area contributed by atoms with Crippen molar-refractivity contribution in [1.29, 1.82) is 0 Å². The van der Waals surface area contributed by atoms with E-state index in [0.717, 1.165) is 5.92 Å². The summed E-state index contributed by atoms with van der Waals surface area (Å²) in [5.41, 5.74) is 1.30. The van der Waals surface area contributed by atoms with Gasteiger partial charge in [0.15, 0.2) is 0 Å². The molecular formula is C15H20FNS. The minimum atomic E-state index is -0.133. The molecule has 0 amide bonds. The molecule has 2 fully saturated rings. The molecule has 1 saturated carbocycles. The molecule has 1 aliphatic carbocycles. The Kier molecular flexibility index (Phi) is 3.90. The van der Waals surface area contributed by atoms with Crippen molar-refractivity contribution in [3.8, 4) is 0 Å². The molecule has 2 aliphatic rings. The summed E-state index contributed by atoms with van der Waals surface area (Å²) in [5, 5.41) is 3.68. The number of benzene rings is 1. The van der Waals surface area contributed by atoms with Crippen LogP contribution in [0.4, 0.5) is 4.39 Å². The number of halogens is 1. The van der Waals surface area contributed by atoms with Crippen molar-refractivity contribution in [2.24, 2.45) is 5.92 Å². The number of hydrogen-bond acceptors (Lipinski definition) is 2. The Labute approximate surface area is 113 Å². The van der Waals surface area contributed by atoms with Crippen LogP contribution in [-0.4, -0.2) is 24.1 Å². The first kappa shape index (κ1) is 12.5. The normalized spacial score (nSPS) is 31.3. The molecule has 0 radical (unpaired) electrons. The summed E-state index contributed by atoms with van der Waals surface area (Å²) >= 11 is 2.08. The van der Waals surface area contributed by atoms with E-state index >= 15 is 0 Å². The SMILES string of the molecule is Fc1ccc(C2CC(NCC3CCSC3)C2)cc1. The van der Waals surface area contributed by atoms with Crippen LogP contribution in [0, 0.1) is 11.7 Å². The highest BCUT2D eigenvalue weighted by Gasteiger charge is 2.30. The van der Waals surface area contributed by atoms with Crippen LogP contribution in [0.1, 0.15) is 30.7 Å². The molecular weight excluding hydrogens is 245 g/mol. The van der Waals surface area contributed by atoms with Crippen LogP contribution < -0.4 is 5.32 Å². The molecule has 18 heavy (non-hydrogen) atoms. The van der Waals surface area contributed by atoms with E-state index in [9.17, 15) is 4.39 Å². The maximum atomic E-state index is 12.8. The fourth-order valence-corrected chi connectivity index (χ4v) is 4.15. The predicted octanol–water partition coefficient (Wildman–Crippen LogP) is 3.41. The highest BCUT2D eigenvalue weighted by Crippen LogP contribution is 2.37. The van der Waals surface area contributed by atoms with E-state index in [2.05, 4.69) is 17.1 Å². The van der Waals surface area contributed by atoms with Gasteiger partial charge in [0.05, 0.1) is 0 Å². The molecule has 0 aromatic heterocycles. The van der Waals surface area contributed by atoms with Gasteiger partial charge in [-0.1, -0.05) is 12.1 Å². The third-order valence-electron chi connectivity index (χ3n) is 4.20.